The molecule has 1 fully saturated rings. The number of carbonyl (C=O) groups excluding carboxylic acids is 1. The van der Waals surface area contributed by atoms with E-state index in [1.165, 1.54) is 12.1 Å². The molecule has 2 rings (SSSR count). The Kier molecular flexibility index (Phi) is 4.29. The number of amides is 1. The molecule has 1 aromatic rings. The molecule has 1 heterocycles. The minimum Gasteiger partial charge on any atom is -0.391 e. The first-order valence-corrected chi connectivity index (χ1v) is 6.96. The van der Waals surface area contributed by atoms with Crippen molar-refractivity contribution in [1.29, 1.82) is 5.26 Å². The average Bonchev–Trinajstić information content (AvgIpc) is 2.81. The van der Waals surface area contributed by atoms with Gasteiger partial charge in [0.15, 0.2) is 0 Å². The topological polar surface area (TPSA) is 64.3 Å². The van der Waals surface area contributed by atoms with Gasteiger partial charge in [-0.05, 0) is 38.0 Å². The van der Waals surface area contributed by atoms with E-state index in [2.05, 4.69) is 6.07 Å². The lowest BCUT2D eigenvalue weighted by Crippen LogP contribution is -2.34. The normalized spacial score (nSPS) is 22.1. The quantitative estimate of drug-likeness (QED) is 0.929. The highest BCUT2D eigenvalue weighted by molar-refractivity contribution is 5.78. The zero-order valence-corrected chi connectivity index (χ0v) is 12.2. The van der Waals surface area contributed by atoms with Crippen LogP contribution in [0.2, 0.25) is 0 Å². The summed E-state index contributed by atoms with van der Waals surface area (Å²) < 4.78 is 13.0. The largest absolute Gasteiger partial charge is 0.391 e. The number of rotatable bonds is 3. The summed E-state index contributed by atoms with van der Waals surface area (Å²) in [5, 5.41) is 18.9. The van der Waals surface area contributed by atoms with Gasteiger partial charge in [0.2, 0.25) is 5.91 Å². The van der Waals surface area contributed by atoms with E-state index in [1.54, 1.807) is 30.9 Å². The van der Waals surface area contributed by atoms with Crippen LogP contribution < -0.4 is 0 Å². The van der Waals surface area contributed by atoms with E-state index in [4.69, 9.17) is 5.26 Å². The van der Waals surface area contributed by atoms with Crippen molar-refractivity contribution < 1.29 is 14.3 Å². The first kappa shape index (κ1) is 15.5. The molecule has 4 nitrogen and oxygen atoms in total. The van der Waals surface area contributed by atoms with E-state index in [0.717, 1.165) is 5.56 Å². The Morgan fingerprint density at radius 2 is 2.10 bits per heavy atom. The van der Waals surface area contributed by atoms with Crippen molar-refractivity contribution in [2.24, 2.45) is 5.41 Å². The molecule has 2 atom stereocenters. The maximum atomic E-state index is 13.0. The van der Waals surface area contributed by atoms with Gasteiger partial charge >= 0.3 is 0 Å². The second kappa shape index (κ2) is 5.82. The van der Waals surface area contributed by atoms with E-state index in [0.29, 0.717) is 6.42 Å². The number of halogens is 1. The second-order valence-corrected chi connectivity index (χ2v) is 6.18. The monoisotopic (exact) mass is 290 g/mol. The van der Waals surface area contributed by atoms with E-state index in [1.807, 2.05) is 0 Å². The molecule has 0 aromatic heterocycles. The van der Waals surface area contributed by atoms with Crippen molar-refractivity contribution in [2.75, 3.05) is 6.54 Å². The third-order valence-corrected chi connectivity index (χ3v) is 3.75. The lowest BCUT2D eigenvalue weighted by atomic mass is 9.90. The maximum absolute atomic E-state index is 13.0. The Labute approximate surface area is 123 Å². The minimum absolute atomic E-state index is 0.105. The molecular weight excluding hydrogens is 271 g/mol. The standard InChI is InChI=1S/C16H19FN2O2/c1-16(2,10-18)8-15(21)19-9-13(20)7-14(19)11-3-5-12(17)6-4-11/h3-6,13-14,20H,7-9H2,1-2H3/t13-,14-/m0/s1. The van der Waals surface area contributed by atoms with Gasteiger partial charge in [-0.2, -0.15) is 5.26 Å². The summed E-state index contributed by atoms with van der Waals surface area (Å²) >= 11 is 0. The van der Waals surface area contributed by atoms with Crippen molar-refractivity contribution in [2.45, 2.75) is 38.8 Å². The number of hydrogen-bond acceptors (Lipinski definition) is 3. The van der Waals surface area contributed by atoms with Crippen LogP contribution in [0.1, 0.15) is 38.3 Å². The minimum atomic E-state index is -0.738. The Balaban J connectivity index is 2.19. The molecule has 0 unspecified atom stereocenters. The smallest absolute Gasteiger partial charge is 0.224 e. The summed E-state index contributed by atoms with van der Waals surface area (Å²) in [6, 6.07) is 7.81. The summed E-state index contributed by atoms with van der Waals surface area (Å²) in [5.41, 5.74) is 0.0638. The Hall–Kier alpha value is -1.93. The fraction of sp³-hybridized carbons (Fsp3) is 0.500. The van der Waals surface area contributed by atoms with Gasteiger partial charge in [0.05, 0.1) is 23.6 Å². The molecule has 0 aliphatic carbocycles. The van der Waals surface area contributed by atoms with Crippen molar-refractivity contribution in [3.8, 4) is 6.07 Å². The highest BCUT2D eigenvalue weighted by Gasteiger charge is 2.37. The first-order valence-electron chi connectivity index (χ1n) is 6.96. The summed E-state index contributed by atoms with van der Waals surface area (Å²) in [4.78, 5) is 14.0. The molecule has 112 valence electrons. The van der Waals surface area contributed by atoms with E-state index in [-0.39, 0.29) is 30.7 Å². The van der Waals surface area contributed by atoms with Crippen LogP contribution in [0.5, 0.6) is 0 Å². The summed E-state index contributed by atoms with van der Waals surface area (Å²) in [6.07, 6.45) is -0.0488. The number of benzene rings is 1. The van der Waals surface area contributed by atoms with Gasteiger partial charge < -0.3 is 10.0 Å². The molecule has 1 amide bonds. The maximum Gasteiger partial charge on any atom is 0.224 e. The van der Waals surface area contributed by atoms with Crippen LogP contribution in [-0.4, -0.2) is 28.6 Å². The molecule has 1 aliphatic rings. The third kappa shape index (κ3) is 3.59. The van der Waals surface area contributed by atoms with Gasteiger partial charge in [-0.3, -0.25) is 4.79 Å². The molecule has 21 heavy (non-hydrogen) atoms. The second-order valence-electron chi connectivity index (χ2n) is 6.18. The molecule has 1 aromatic carbocycles. The molecular formula is C16H19FN2O2. The molecule has 1 aliphatic heterocycles. The predicted molar refractivity (Wildman–Crippen MR) is 75.5 cm³/mol. The molecule has 0 radical (unpaired) electrons. The van der Waals surface area contributed by atoms with Crippen molar-refractivity contribution in [1.82, 2.24) is 4.90 Å². The number of aliphatic hydroxyl groups is 1. The van der Waals surface area contributed by atoms with Crippen LogP contribution in [0.4, 0.5) is 4.39 Å². The van der Waals surface area contributed by atoms with Gasteiger partial charge in [-0.1, -0.05) is 12.1 Å². The zero-order valence-electron chi connectivity index (χ0n) is 12.2. The Morgan fingerprint density at radius 3 is 2.67 bits per heavy atom. The fourth-order valence-corrected chi connectivity index (χ4v) is 2.61. The predicted octanol–water partition coefficient (Wildman–Crippen LogP) is 2.40. The number of likely N-dealkylation sites (tertiary alicyclic amines) is 1. The molecule has 1 saturated heterocycles. The highest BCUT2D eigenvalue weighted by Crippen LogP contribution is 2.34. The number of carbonyl (C=O) groups is 1. The van der Waals surface area contributed by atoms with Gasteiger partial charge in [0, 0.05) is 13.0 Å². The van der Waals surface area contributed by atoms with Crippen LogP contribution in [-0.2, 0) is 4.79 Å². The number of nitriles is 1. The van der Waals surface area contributed by atoms with Gasteiger partial charge in [-0.25, -0.2) is 4.39 Å². The highest BCUT2D eigenvalue weighted by atomic mass is 19.1. The van der Waals surface area contributed by atoms with Crippen molar-refractivity contribution in [3.63, 3.8) is 0 Å². The van der Waals surface area contributed by atoms with Crippen LogP contribution >= 0.6 is 0 Å². The van der Waals surface area contributed by atoms with Gasteiger partial charge in [0.25, 0.3) is 0 Å². The number of hydrogen-bond donors (Lipinski definition) is 1. The lowest BCUT2D eigenvalue weighted by molar-refractivity contribution is -0.133. The lowest BCUT2D eigenvalue weighted by Gasteiger charge is -2.27. The molecule has 0 bridgehead atoms. The molecule has 1 N–H and O–H groups in total. The Morgan fingerprint density at radius 1 is 1.48 bits per heavy atom. The van der Waals surface area contributed by atoms with Gasteiger partial charge in [-0.15, -0.1) is 0 Å². The first-order chi connectivity index (χ1) is 9.82. The van der Waals surface area contributed by atoms with E-state index in [9.17, 15) is 14.3 Å². The van der Waals surface area contributed by atoms with Crippen LogP contribution in [0.15, 0.2) is 24.3 Å². The van der Waals surface area contributed by atoms with Crippen LogP contribution in [0.3, 0.4) is 0 Å². The average molecular weight is 290 g/mol. The van der Waals surface area contributed by atoms with Crippen molar-refractivity contribution in [3.05, 3.63) is 35.6 Å². The van der Waals surface area contributed by atoms with Crippen molar-refractivity contribution >= 4 is 5.91 Å². The molecule has 5 heteroatoms. The number of nitrogens with zero attached hydrogens (tertiary/aromatic N) is 2. The van der Waals surface area contributed by atoms with E-state index >= 15 is 0 Å². The fourth-order valence-electron chi connectivity index (χ4n) is 2.61. The number of aliphatic hydroxyl groups excluding tert-OH is 1. The number of β-amino-alcohol motifs (C(OH)–C–C–N with tert-alkyl or cyclic N) is 1. The molecule has 0 saturated carbocycles. The summed E-state index contributed by atoms with van der Waals surface area (Å²) in [5.74, 6) is -0.492. The zero-order chi connectivity index (χ0) is 15.6. The van der Waals surface area contributed by atoms with Crippen LogP contribution in [0.25, 0.3) is 0 Å². The van der Waals surface area contributed by atoms with Crippen LogP contribution in [0, 0.1) is 22.6 Å². The molecule has 0 spiro atoms. The summed E-state index contributed by atoms with van der Waals surface area (Å²) in [6.45, 7) is 3.68. The SMILES string of the molecule is CC(C)(C#N)CC(=O)N1C[C@@H](O)C[C@H]1c1ccc(F)cc1. The van der Waals surface area contributed by atoms with Gasteiger partial charge in [0.1, 0.15) is 5.82 Å². The van der Waals surface area contributed by atoms with E-state index < -0.39 is 11.5 Å². The Bertz CT molecular complexity index is 563. The summed E-state index contributed by atoms with van der Waals surface area (Å²) in [7, 11) is 0. The third-order valence-electron chi connectivity index (χ3n) is 3.75.